The lowest BCUT2D eigenvalue weighted by molar-refractivity contribution is -0.141. The average Bonchev–Trinajstić information content (AvgIpc) is 2.49. The zero-order valence-corrected chi connectivity index (χ0v) is 12.4. The zero-order chi connectivity index (χ0) is 15.8. The van der Waals surface area contributed by atoms with E-state index in [4.69, 9.17) is 5.73 Å². The molecule has 0 atom stereocenters. The lowest BCUT2D eigenvalue weighted by Crippen LogP contribution is -2.41. The molecule has 0 aliphatic rings. The molecule has 0 spiro atoms. The predicted molar refractivity (Wildman–Crippen MR) is 78.4 cm³/mol. The van der Waals surface area contributed by atoms with Crippen LogP contribution in [-0.2, 0) is 9.53 Å². The number of hydrogen-bond acceptors (Lipinski definition) is 5. The van der Waals surface area contributed by atoms with Crippen molar-refractivity contribution in [2.24, 2.45) is 5.73 Å². The molecule has 0 aliphatic heterocycles. The fourth-order valence-electron chi connectivity index (χ4n) is 1.67. The predicted octanol–water partition coefficient (Wildman–Crippen LogP) is 0.415. The largest absolute Gasteiger partial charge is 0.468 e. The smallest absolute Gasteiger partial charge is 0.325 e. The van der Waals surface area contributed by atoms with Crippen LogP contribution in [0, 0.1) is 11.8 Å². The van der Waals surface area contributed by atoms with E-state index in [1.165, 1.54) is 24.4 Å². The Morgan fingerprint density at radius 2 is 2.19 bits per heavy atom. The molecule has 0 radical (unpaired) electrons. The third kappa shape index (κ3) is 4.58. The SMILES string of the molecule is COC(=O)CN(C(=O)c1ccncc1C#CCN)C(C)C. The maximum absolute atomic E-state index is 12.6. The van der Waals surface area contributed by atoms with Gasteiger partial charge in [0.05, 0.1) is 24.8 Å². The first-order valence-corrected chi connectivity index (χ1v) is 6.52. The van der Waals surface area contributed by atoms with Gasteiger partial charge in [-0.05, 0) is 19.9 Å². The summed E-state index contributed by atoms with van der Waals surface area (Å²) < 4.78 is 4.62. The molecule has 6 heteroatoms. The van der Waals surface area contributed by atoms with Crippen LogP contribution in [0.1, 0.15) is 29.8 Å². The molecule has 1 aromatic rings. The maximum Gasteiger partial charge on any atom is 0.325 e. The summed E-state index contributed by atoms with van der Waals surface area (Å²) in [5, 5.41) is 0. The number of hydrogen-bond donors (Lipinski definition) is 1. The Morgan fingerprint density at radius 1 is 1.48 bits per heavy atom. The molecule has 1 rings (SSSR count). The van der Waals surface area contributed by atoms with Gasteiger partial charge in [0.2, 0.25) is 0 Å². The summed E-state index contributed by atoms with van der Waals surface area (Å²) >= 11 is 0. The summed E-state index contributed by atoms with van der Waals surface area (Å²) in [6, 6.07) is 1.43. The van der Waals surface area contributed by atoms with E-state index in [2.05, 4.69) is 21.6 Å². The summed E-state index contributed by atoms with van der Waals surface area (Å²) in [5.74, 6) is 4.75. The number of esters is 1. The summed E-state index contributed by atoms with van der Waals surface area (Å²) in [6.45, 7) is 3.73. The molecular weight excluding hydrogens is 270 g/mol. The Hall–Kier alpha value is -2.39. The molecule has 6 nitrogen and oxygen atoms in total. The van der Waals surface area contributed by atoms with Crippen molar-refractivity contribution in [1.82, 2.24) is 9.88 Å². The summed E-state index contributed by atoms with van der Waals surface area (Å²) in [5.41, 5.74) is 6.23. The Bertz CT molecular complexity index is 573. The van der Waals surface area contributed by atoms with Gasteiger partial charge in [0.1, 0.15) is 6.54 Å². The molecule has 0 aromatic carbocycles. The third-order valence-electron chi connectivity index (χ3n) is 2.79. The number of pyridine rings is 1. The van der Waals surface area contributed by atoms with Gasteiger partial charge in [-0.1, -0.05) is 11.8 Å². The molecule has 0 unspecified atom stereocenters. The number of carbonyl (C=O) groups excluding carboxylic acids is 2. The van der Waals surface area contributed by atoms with Crippen LogP contribution in [0.25, 0.3) is 0 Å². The highest BCUT2D eigenvalue weighted by Crippen LogP contribution is 2.12. The van der Waals surface area contributed by atoms with Gasteiger partial charge in [0, 0.05) is 18.4 Å². The number of rotatable bonds is 4. The van der Waals surface area contributed by atoms with Crippen molar-refractivity contribution in [3.63, 3.8) is 0 Å². The minimum absolute atomic E-state index is 0.112. The van der Waals surface area contributed by atoms with Crippen LogP contribution in [0.3, 0.4) is 0 Å². The van der Waals surface area contributed by atoms with E-state index in [0.29, 0.717) is 11.1 Å². The number of carbonyl (C=O) groups is 2. The number of ether oxygens (including phenoxy) is 1. The van der Waals surface area contributed by atoms with E-state index < -0.39 is 5.97 Å². The van der Waals surface area contributed by atoms with Gasteiger partial charge >= 0.3 is 5.97 Å². The lowest BCUT2D eigenvalue weighted by atomic mass is 10.1. The monoisotopic (exact) mass is 289 g/mol. The Kier molecular flexibility index (Phi) is 6.37. The second kappa shape index (κ2) is 8.02. The van der Waals surface area contributed by atoms with E-state index >= 15 is 0 Å². The van der Waals surface area contributed by atoms with Crippen molar-refractivity contribution in [2.45, 2.75) is 19.9 Å². The Labute approximate surface area is 124 Å². The van der Waals surface area contributed by atoms with Crippen molar-refractivity contribution in [3.05, 3.63) is 29.6 Å². The highest BCUT2D eigenvalue weighted by molar-refractivity contribution is 5.98. The second-order valence-electron chi connectivity index (χ2n) is 4.53. The molecule has 21 heavy (non-hydrogen) atoms. The number of amides is 1. The highest BCUT2D eigenvalue weighted by atomic mass is 16.5. The summed E-state index contributed by atoms with van der Waals surface area (Å²) in [6.07, 6.45) is 3.02. The van der Waals surface area contributed by atoms with Crippen molar-refractivity contribution in [2.75, 3.05) is 20.2 Å². The molecule has 0 saturated carbocycles. The van der Waals surface area contributed by atoms with Gasteiger partial charge in [-0.2, -0.15) is 0 Å². The van der Waals surface area contributed by atoms with E-state index in [1.54, 1.807) is 6.07 Å². The molecule has 1 amide bonds. The lowest BCUT2D eigenvalue weighted by Gasteiger charge is -2.25. The molecule has 0 fully saturated rings. The van der Waals surface area contributed by atoms with Crippen LogP contribution < -0.4 is 5.73 Å². The molecule has 0 bridgehead atoms. The molecule has 1 aromatic heterocycles. The topological polar surface area (TPSA) is 85.5 Å². The van der Waals surface area contributed by atoms with Crippen molar-refractivity contribution in [1.29, 1.82) is 0 Å². The standard InChI is InChI=1S/C15H19N3O3/c1-11(2)18(10-14(19)21-3)15(20)13-6-8-17-9-12(13)5-4-7-16/h6,8-9,11H,7,10,16H2,1-3H3. The quantitative estimate of drug-likeness (QED) is 0.641. The fraction of sp³-hybridized carbons (Fsp3) is 0.400. The van der Waals surface area contributed by atoms with E-state index in [1.807, 2.05) is 13.8 Å². The van der Waals surface area contributed by atoms with Crippen LogP contribution in [-0.4, -0.2) is 48.0 Å². The van der Waals surface area contributed by atoms with Crippen molar-refractivity contribution >= 4 is 11.9 Å². The van der Waals surface area contributed by atoms with Gasteiger partial charge in [-0.3, -0.25) is 14.6 Å². The van der Waals surface area contributed by atoms with E-state index in [-0.39, 0.29) is 25.0 Å². The van der Waals surface area contributed by atoms with Crippen LogP contribution >= 0.6 is 0 Å². The normalized spacial score (nSPS) is 9.76. The first-order chi connectivity index (χ1) is 10.0. The Balaban J connectivity index is 3.12. The minimum Gasteiger partial charge on any atom is -0.468 e. The van der Waals surface area contributed by atoms with Crippen LogP contribution in [0.4, 0.5) is 0 Å². The van der Waals surface area contributed by atoms with Gasteiger partial charge in [0.15, 0.2) is 0 Å². The van der Waals surface area contributed by atoms with Gasteiger partial charge in [-0.25, -0.2) is 0 Å². The van der Waals surface area contributed by atoms with Crippen molar-refractivity contribution < 1.29 is 14.3 Å². The molecular formula is C15H19N3O3. The second-order valence-corrected chi connectivity index (χ2v) is 4.53. The van der Waals surface area contributed by atoms with Crippen LogP contribution in [0.15, 0.2) is 18.5 Å². The number of aromatic nitrogens is 1. The van der Waals surface area contributed by atoms with Crippen LogP contribution in [0.5, 0.6) is 0 Å². The Morgan fingerprint density at radius 3 is 2.76 bits per heavy atom. The average molecular weight is 289 g/mol. The highest BCUT2D eigenvalue weighted by Gasteiger charge is 2.23. The third-order valence-corrected chi connectivity index (χ3v) is 2.79. The van der Waals surface area contributed by atoms with Gasteiger partial charge < -0.3 is 15.4 Å². The zero-order valence-electron chi connectivity index (χ0n) is 12.4. The maximum atomic E-state index is 12.6. The van der Waals surface area contributed by atoms with Crippen LogP contribution in [0.2, 0.25) is 0 Å². The summed E-state index contributed by atoms with van der Waals surface area (Å²) in [4.78, 5) is 29.4. The molecule has 0 saturated heterocycles. The number of nitrogens with zero attached hydrogens (tertiary/aromatic N) is 2. The minimum atomic E-state index is -0.472. The van der Waals surface area contributed by atoms with E-state index in [9.17, 15) is 9.59 Å². The van der Waals surface area contributed by atoms with E-state index in [0.717, 1.165) is 0 Å². The summed E-state index contributed by atoms with van der Waals surface area (Å²) in [7, 11) is 1.29. The number of nitrogens with two attached hydrogens (primary N) is 1. The van der Waals surface area contributed by atoms with Crippen molar-refractivity contribution in [3.8, 4) is 11.8 Å². The molecule has 1 heterocycles. The van der Waals surface area contributed by atoms with Gasteiger partial charge in [0.25, 0.3) is 5.91 Å². The van der Waals surface area contributed by atoms with Gasteiger partial charge in [-0.15, -0.1) is 0 Å². The fourth-order valence-corrected chi connectivity index (χ4v) is 1.67. The molecule has 2 N–H and O–H groups in total. The molecule has 112 valence electrons. The molecule has 0 aliphatic carbocycles. The number of methoxy groups -OCH3 is 1. The first-order valence-electron chi connectivity index (χ1n) is 6.52. The first kappa shape index (κ1) is 16.7.